The van der Waals surface area contributed by atoms with Gasteiger partial charge in [0.25, 0.3) is 0 Å². The zero-order valence-electron chi connectivity index (χ0n) is 8.65. The van der Waals surface area contributed by atoms with Crippen molar-refractivity contribution in [3.8, 4) is 0 Å². The fraction of sp³-hybridized carbons (Fsp3) is 0.500. The molecule has 0 aromatic heterocycles. The molecule has 1 aliphatic carbocycles. The van der Waals surface area contributed by atoms with Crippen LogP contribution in [0.25, 0.3) is 0 Å². The molecule has 2 rings (SSSR count). The predicted molar refractivity (Wildman–Crippen MR) is 55.9 cm³/mol. The van der Waals surface area contributed by atoms with Crippen molar-refractivity contribution in [2.45, 2.75) is 32.2 Å². The molecule has 1 heteroatoms. The quantitative estimate of drug-likeness (QED) is 0.728. The molecule has 0 amide bonds. The van der Waals surface area contributed by atoms with E-state index in [1.807, 2.05) is 0 Å². The van der Waals surface area contributed by atoms with Crippen LogP contribution in [-0.4, -0.2) is 7.05 Å². The second-order valence-corrected chi connectivity index (χ2v) is 4.15. The molecule has 1 N–H and O–H groups in total. The highest BCUT2D eigenvalue weighted by molar-refractivity contribution is 5.39. The van der Waals surface area contributed by atoms with E-state index in [0.29, 0.717) is 5.54 Å². The fourth-order valence-electron chi connectivity index (χ4n) is 2.13. The molecule has 0 radical (unpaired) electrons. The van der Waals surface area contributed by atoms with Crippen molar-refractivity contribution in [3.63, 3.8) is 0 Å². The first-order valence-corrected chi connectivity index (χ1v) is 4.95. The SMILES string of the molecule is CNC1(c2ccc(C)cc2C)CC1. The van der Waals surface area contributed by atoms with Crippen molar-refractivity contribution >= 4 is 0 Å². The van der Waals surface area contributed by atoms with E-state index < -0.39 is 0 Å². The van der Waals surface area contributed by atoms with E-state index in [-0.39, 0.29) is 0 Å². The molecule has 0 atom stereocenters. The smallest absolute Gasteiger partial charge is 0.0436 e. The Morgan fingerprint density at radius 2 is 1.92 bits per heavy atom. The number of benzene rings is 1. The predicted octanol–water partition coefficient (Wildman–Crippen LogP) is 2.51. The van der Waals surface area contributed by atoms with E-state index in [0.717, 1.165) is 0 Å². The Morgan fingerprint density at radius 3 is 2.38 bits per heavy atom. The molecule has 0 bridgehead atoms. The van der Waals surface area contributed by atoms with Crippen LogP contribution >= 0.6 is 0 Å². The lowest BCUT2D eigenvalue weighted by Crippen LogP contribution is -2.25. The summed E-state index contributed by atoms with van der Waals surface area (Å²) >= 11 is 0. The normalized spacial score (nSPS) is 18.7. The van der Waals surface area contributed by atoms with Crippen LogP contribution in [0.2, 0.25) is 0 Å². The van der Waals surface area contributed by atoms with Gasteiger partial charge in [0.15, 0.2) is 0 Å². The van der Waals surface area contributed by atoms with Crippen LogP contribution in [0.3, 0.4) is 0 Å². The molecule has 1 fully saturated rings. The third-order valence-electron chi connectivity index (χ3n) is 3.13. The minimum atomic E-state index is 0.317. The van der Waals surface area contributed by atoms with Gasteiger partial charge in [-0.2, -0.15) is 0 Å². The second kappa shape index (κ2) is 2.85. The van der Waals surface area contributed by atoms with Gasteiger partial charge < -0.3 is 5.32 Å². The number of rotatable bonds is 2. The minimum absolute atomic E-state index is 0.317. The highest BCUT2D eigenvalue weighted by Gasteiger charge is 2.43. The average Bonchev–Trinajstić information content (AvgIpc) is 2.85. The molecule has 1 aromatic rings. The first-order chi connectivity index (χ1) is 6.18. The zero-order chi connectivity index (χ0) is 9.47. The van der Waals surface area contributed by atoms with Gasteiger partial charge in [-0.25, -0.2) is 0 Å². The Labute approximate surface area is 80.2 Å². The maximum atomic E-state index is 3.43. The van der Waals surface area contributed by atoms with E-state index >= 15 is 0 Å². The molecule has 0 saturated heterocycles. The number of nitrogens with one attached hydrogen (secondary N) is 1. The molecule has 0 unspecified atom stereocenters. The van der Waals surface area contributed by atoms with Crippen LogP contribution in [0.4, 0.5) is 0 Å². The summed E-state index contributed by atoms with van der Waals surface area (Å²) in [4.78, 5) is 0. The Bertz CT molecular complexity index is 324. The van der Waals surface area contributed by atoms with Gasteiger partial charge in [0.1, 0.15) is 0 Å². The molecule has 70 valence electrons. The monoisotopic (exact) mass is 175 g/mol. The third-order valence-corrected chi connectivity index (χ3v) is 3.13. The Kier molecular flexibility index (Phi) is 1.92. The molecular formula is C12H17N. The number of aryl methyl sites for hydroxylation is 2. The summed E-state index contributed by atoms with van der Waals surface area (Å²) in [5.74, 6) is 0. The second-order valence-electron chi connectivity index (χ2n) is 4.15. The van der Waals surface area contributed by atoms with Gasteiger partial charge in [0.05, 0.1) is 0 Å². The summed E-state index contributed by atoms with van der Waals surface area (Å²) in [5.41, 5.74) is 4.58. The van der Waals surface area contributed by atoms with E-state index in [1.54, 1.807) is 0 Å². The van der Waals surface area contributed by atoms with Crippen LogP contribution in [0.1, 0.15) is 29.5 Å². The average molecular weight is 175 g/mol. The molecule has 1 saturated carbocycles. The highest BCUT2D eigenvalue weighted by atomic mass is 15.0. The molecule has 1 aromatic carbocycles. The first kappa shape index (κ1) is 8.76. The fourth-order valence-corrected chi connectivity index (χ4v) is 2.13. The molecule has 0 aliphatic heterocycles. The largest absolute Gasteiger partial charge is 0.310 e. The van der Waals surface area contributed by atoms with Crippen molar-refractivity contribution in [3.05, 3.63) is 34.9 Å². The Hall–Kier alpha value is -0.820. The summed E-state index contributed by atoms with van der Waals surface area (Å²) in [6.07, 6.45) is 2.57. The molecule has 1 aliphatic rings. The summed E-state index contributed by atoms with van der Waals surface area (Å²) in [7, 11) is 2.06. The maximum Gasteiger partial charge on any atom is 0.0436 e. The maximum absolute atomic E-state index is 3.43. The van der Waals surface area contributed by atoms with Crippen molar-refractivity contribution < 1.29 is 0 Å². The lowest BCUT2D eigenvalue weighted by molar-refractivity contribution is 0.582. The van der Waals surface area contributed by atoms with Gasteiger partial charge in [-0.05, 0) is 44.9 Å². The molecule has 1 nitrogen and oxygen atoms in total. The van der Waals surface area contributed by atoms with Gasteiger partial charge in [-0.15, -0.1) is 0 Å². The minimum Gasteiger partial charge on any atom is -0.310 e. The number of hydrogen-bond donors (Lipinski definition) is 1. The van der Waals surface area contributed by atoms with Gasteiger partial charge in [0, 0.05) is 5.54 Å². The number of hydrogen-bond acceptors (Lipinski definition) is 1. The molecular weight excluding hydrogens is 158 g/mol. The summed E-state index contributed by atoms with van der Waals surface area (Å²) in [5, 5.41) is 3.43. The first-order valence-electron chi connectivity index (χ1n) is 4.95. The van der Waals surface area contributed by atoms with Crippen molar-refractivity contribution in [1.82, 2.24) is 5.32 Å². The third kappa shape index (κ3) is 1.37. The van der Waals surface area contributed by atoms with E-state index in [4.69, 9.17) is 0 Å². The highest BCUT2D eigenvalue weighted by Crippen LogP contribution is 2.46. The zero-order valence-corrected chi connectivity index (χ0v) is 8.65. The van der Waals surface area contributed by atoms with Crippen molar-refractivity contribution in [2.75, 3.05) is 7.05 Å². The van der Waals surface area contributed by atoms with Gasteiger partial charge in [-0.3, -0.25) is 0 Å². The topological polar surface area (TPSA) is 12.0 Å². The molecule has 13 heavy (non-hydrogen) atoms. The summed E-state index contributed by atoms with van der Waals surface area (Å²) < 4.78 is 0. The van der Waals surface area contributed by atoms with Crippen LogP contribution in [0.5, 0.6) is 0 Å². The standard InChI is InChI=1S/C12H17N/c1-9-4-5-11(10(2)8-9)12(13-3)6-7-12/h4-5,8,13H,6-7H2,1-3H3. The molecule has 0 spiro atoms. The van der Waals surface area contributed by atoms with Gasteiger partial charge in [0.2, 0.25) is 0 Å². The van der Waals surface area contributed by atoms with Crippen molar-refractivity contribution in [2.24, 2.45) is 0 Å². The van der Waals surface area contributed by atoms with Crippen LogP contribution < -0.4 is 5.32 Å². The lowest BCUT2D eigenvalue weighted by atomic mass is 9.97. The van der Waals surface area contributed by atoms with Gasteiger partial charge in [-0.1, -0.05) is 23.8 Å². The lowest BCUT2D eigenvalue weighted by Gasteiger charge is -2.17. The van der Waals surface area contributed by atoms with Gasteiger partial charge >= 0.3 is 0 Å². The van der Waals surface area contributed by atoms with E-state index in [2.05, 4.69) is 44.4 Å². The molecule has 0 heterocycles. The Morgan fingerprint density at radius 1 is 1.23 bits per heavy atom. The van der Waals surface area contributed by atoms with Crippen LogP contribution in [0.15, 0.2) is 18.2 Å². The van der Waals surface area contributed by atoms with Crippen LogP contribution in [-0.2, 0) is 5.54 Å². The summed E-state index contributed by atoms with van der Waals surface area (Å²) in [6, 6.07) is 6.75. The summed E-state index contributed by atoms with van der Waals surface area (Å²) in [6.45, 7) is 4.36. The van der Waals surface area contributed by atoms with E-state index in [1.165, 1.54) is 29.5 Å². The van der Waals surface area contributed by atoms with E-state index in [9.17, 15) is 0 Å². The van der Waals surface area contributed by atoms with Crippen molar-refractivity contribution in [1.29, 1.82) is 0 Å². The Balaban J connectivity index is 2.41. The van der Waals surface area contributed by atoms with Crippen LogP contribution in [0, 0.1) is 13.8 Å².